The van der Waals surface area contributed by atoms with Gasteiger partial charge in [0.05, 0.1) is 10.7 Å². The summed E-state index contributed by atoms with van der Waals surface area (Å²) in [4.78, 5) is 24.0. The molecule has 5 nitrogen and oxygen atoms in total. The summed E-state index contributed by atoms with van der Waals surface area (Å²) in [6, 6.07) is 3.04. The molecule has 0 spiro atoms. The third kappa shape index (κ3) is 1.88. The number of aromatic nitrogens is 2. The number of nitrogens with zero attached hydrogens (tertiary/aromatic N) is 1. The van der Waals surface area contributed by atoms with E-state index < -0.39 is 28.8 Å². The van der Waals surface area contributed by atoms with Crippen molar-refractivity contribution in [1.82, 2.24) is 9.55 Å². The Morgan fingerprint density at radius 3 is 2.56 bits per heavy atom. The van der Waals surface area contributed by atoms with Crippen LogP contribution in [0.4, 0.5) is 8.78 Å². The van der Waals surface area contributed by atoms with Gasteiger partial charge in [-0.25, -0.2) is 13.8 Å². The molecular weight excluding hydrogens is 270 g/mol. The van der Waals surface area contributed by atoms with Gasteiger partial charge in [-0.3, -0.25) is 9.78 Å². The number of benzene rings is 1. The van der Waals surface area contributed by atoms with Crippen molar-refractivity contribution >= 4 is 11.6 Å². The fourth-order valence-corrected chi connectivity index (χ4v) is 1.54. The van der Waals surface area contributed by atoms with Gasteiger partial charge >= 0.3 is 5.69 Å². The molecule has 0 fully saturated rings. The van der Waals surface area contributed by atoms with Crippen molar-refractivity contribution in [1.29, 1.82) is 0 Å². The van der Waals surface area contributed by atoms with Crippen molar-refractivity contribution in [2.75, 3.05) is 0 Å². The summed E-state index contributed by atoms with van der Waals surface area (Å²) in [7, 11) is 0. The van der Waals surface area contributed by atoms with Crippen LogP contribution in [0.1, 0.15) is 0 Å². The zero-order valence-electron chi connectivity index (χ0n) is 8.58. The molecule has 18 heavy (non-hydrogen) atoms. The molecule has 0 amide bonds. The molecule has 0 radical (unpaired) electrons. The predicted molar refractivity (Wildman–Crippen MR) is 59.3 cm³/mol. The molecule has 2 rings (SSSR count). The molecule has 0 aliphatic rings. The molecule has 94 valence electrons. The van der Waals surface area contributed by atoms with E-state index in [9.17, 15) is 23.5 Å². The predicted octanol–water partition coefficient (Wildman–Crippen LogP) is 1.16. The number of H-pyrrole nitrogens is 1. The van der Waals surface area contributed by atoms with Gasteiger partial charge in [-0.2, -0.15) is 4.39 Å². The lowest BCUT2D eigenvalue weighted by Crippen LogP contribution is -2.30. The molecule has 2 N–H and O–H groups in total. The van der Waals surface area contributed by atoms with E-state index in [1.165, 1.54) is 0 Å². The van der Waals surface area contributed by atoms with Crippen molar-refractivity contribution in [3.8, 4) is 11.6 Å². The second kappa shape index (κ2) is 4.26. The highest BCUT2D eigenvalue weighted by Crippen LogP contribution is 2.21. The van der Waals surface area contributed by atoms with Gasteiger partial charge in [0.2, 0.25) is 11.7 Å². The van der Waals surface area contributed by atoms with Crippen LogP contribution in [0.3, 0.4) is 0 Å². The van der Waals surface area contributed by atoms with Crippen molar-refractivity contribution in [3.63, 3.8) is 0 Å². The summed E-state index contributed by atoms with van der Waals surface area (Å²) < 4.78 is 26.6. The minimum atomic E-state index is -1.52. The maximum atomic E-state index is 13.2. The summed E-state index contributed by atoms with van der Waals surface area (Å²) in [6.07, 6.45) is 0. The number of aromatic hydroxyl groups is 1. The van der Waals surface area contributed by atoms with Gasteiger partial charge in [0.1, 0.15) is 5.82 Å². The lowest BCUT2D eigenvalue weighted by molar-refractivity contribution is 0.386. The van der Waals surface area contributed by atoms with Crippen LogP contribution in [0.15, 0.2) is 27.8 Å². The monoisotopic (exact) mass is 274 g/mol. The second-order valence-electron chi connectivity index (χ2n) is 3.33. The first-order valence-electron chi connectivity index (χ1n) is 4.61. The lowest BCUT2D eigenvalue weighted by atomic mass is 10.3. The molecule has 0 saturated heterocycles. The van der Waals surface area contributed by atoms with Crippen LogP contribution in [-0.4, -0.2) is 14.7 Å². The SMILES string of the molecule is O=c1[nH]c(=O)n(-c2ccc(F)c(Cl)c2)c(O)c1F. The summed E-state index contributed by atoms with van der Waals surface area (Å²) in [6.45, 7) is 0. The molecule has 1 aromatic carbocycles. The van der Waals surface area contributed by atoms with Gasteiger partial charge < -0.3 is 5.11 Å². The van der Waals surface area contributed by atoms with Crippen molar-refractivity contribution in [2.24, 2.45) is 0 Å². The fourth-order valence-electron chi connectivity index (χ4n) is 1.37. The van der Waals surface area contributed by atoms with Crippen LogP contribution < -0.4 is 11.2 Å². The van der Waals surface area contributed by atoms with Crippen LogP contribution >= 0.6 is 11.6 Å². The first-order chi connectivity index (χ1) is 8.41. The summed E-state index contributed by atoms with van der Waals surface area (Å²) in [5.41, 5.74) is -2.50. The normalized spacial score (nSPS) is 10.6. The quantitative estimate of drug-likeness (QED) is 0.819. The molecule has 0 aliphatic heterocycles. The van der Waals surface area contributed by atoms with Crippen molar-refractivity contribution in [3.05, 3.63) is 55.7 Å². The Morgan fingerprint density at radius 2 is 1.94 bits per heavy atom. The summed E-state index contributed by atoms with van der Waals surface area (Å²) >= 11 is 5.50. The van der Waals surface area contributed by atoms with E-state index in [-0.39, 0.29) is 10.7 Å². The smallest absolute Gasteiger partial charge is 0.335 e. The van der Waals surface area contributed by atoms with Crippen LogP contribution in [0.25, 0.3) is 5.69 Å². The van der Waals surface area contributed by atoms with Crippen LogP contribution in [0.5, 0.6) is 5.88 Å². The van der Waals surface area contributed by atoms with Gasteiger partial charge in [0.25, 0.3) is 5.56 Å². The van der Waals surface area contributed by atoms with E-state index in [0.29, 0.717) is 4.57 Å². The van der Waals surface area contributed by atoms with Gasteiger partial charge in [0, 0.05) is 0 Å². The average Bonchev–Trinajstić information content (AvgIpc) is 2.31. The average molecular weight is 275 g/mol. The molecule has 0 saturated carbocycles. The molecular formula is C10H5ClF2N2O3. The molecule has 2 aromatic rings. The Balaban J connectivity index is 2.79. The number of nitrogens with one attached hydrogen (secondary N) is 1. The Bertz CT molecular complexity index is 739. The maximum Gasteiger partial charge on any atom is 0.335 e. The van der Waals surface area contributed by atoms with Crippen molar-refractivity contribution < 1.29 is 13.9 Å². The van der Waals surface area contributed by atoms with Crippen LogP contribution in [0.2, 0.25) is 5.02 Å². The molecule has 0 atom stereocenters. The molecule has 1 aromatic heterocycles. The Kier molecular flexibility index (Phi) is 2.92. The van der Waals surface area contributed by atoms with Gasteiger partial charge in [-0.1, -0.05) is 11.6 Å². The lowest BCUT2D eigenvalue weighted by Gasteiger charge is -2.08. The fraction of sp³-hybridized carbons (Fsp3) is 0. The highest BCUT2D eigenvalue weighted by atomic mass is 35.5. The van der Waals surface area contributed by atoms with Crippen molar-refractivity contribution in [2.45, 2.75) is 0 Å². The van der Waals surface area contributed by atoms with Gasteiger partial charge in [0.15, 0.2) is 0 Å². The number of rotatable bonds is 1. The zero-order chi connectivity index (χ0) is 13.4. The zero-order valence-corrected chi connectivity index (χ0v) is 9.33. The Labute approximate surface area is 103 Å². The molecule has 8 heteroatoms. The Hall–Kier alpha value is -2.15. The first-order valence-corrected chi connectivity index (χ1v) is 4.99. The molecule has 0 unspecified atom stereocenters. The highest BCUT2D eigenvalue weighted by Gasteiger charge is 2.15. The largest absolute Gasteiger partial charge is 0.492 e. The summed E-state index contributed by atoms with van der Waals surface area (Å²) in [5, 5.41) is 9.09. The van der Waals surface area contributed by atoms with Crippen LogP contribution in [-0.2, 0) is 0 Å². The van der Waals surface area contributed by atoms with E-state index in [1.54, 1.807) is 4.98 Å². The minimum absolute atomic E-state index is 0.0842. The third-order valence-electron chi connectivity index (χ3n) is 2.19. The number of halogens is 3. The number of hydrogen-bond donors (Lipinski definition) is 2. The molecule has 0 bridgehead atoms. The highest BCUT2D eigenvalue weighted by molar-refractivity contribution is 6.30. The number of aromatic amines is 1. The maximum absolute atomic E-state index is 13.2. The first kappa shape index (κ1) is 12.3. The molecule has 0 aliphatic carbocycles. The van der Waals surface area contributed by atoms with Gasteiger partial charge in [-0.05, 0) is 18.2 Å². The van der Waals surface area contributed by atoms with E-state index >= 15 is 0 Å². The summed E-state index contributed by atoms with van der Waals surface area (Å²) in [5.74, 6) is -3.43. The van der Waals surface area contributed by atoms with Crippen LogP contribution in [0, 0.1) is 11.6 Å². The Morgan fingerprint density at radius 1 is 1.28 bits per heavy atom. The standard InChI is InChI=1S/C10H5ClF2N2O3/c11-5-3-4(1-2-6(5)12)15-9(17)7(13)8(16)14-10(15)18/h1-3,17H,(H,14,16,18). The van der Waals surface area contributed by atoms with E-state index in [4.69, 9.17) is 11.6 Å². The van der Waals surface area contributed by atoms with Gasteiger partial charge in [-0.15, -0.1) is 0 Å². The third-order valence-corrected chi connectivity index (χ3v) is 2.48. The van der Waals surface area contributed by atoms with E-state index in [1.807, 2.05) is 0 Å². The topological polar surface area (TPSA) is 75.1 Å². The second-order valence-corrected chi connectivity index (χ2v) is 3.74. The minimum Gasteiger partial charge on any atom is -0.492 e. The molecule has 1 heterocycles. The van der Waals surface area contributed by atoms with E-state index in [0.717, 1.165) is 18.2 Å². The van der Waals surface area contributed by atoms with E-state index in [2.05, 4.69) is 0 Å². The number of hydrogen-bond acceptors (Lipinski definition) is 3.